The van der Waals surface area contributed by atoms with Crippen LogP contribution in [0.15, 0.2) is 12.5 Å². The van der Waals surface area contributed by atoms with Gasteiger partial charge in [0.25, 0.3) is 0 Å². The van der Waals surface area contributed by atoms with E-state index in [1.165, 1.54) is 0 Å². The smallest absolute Gasteiger partial charge is 0.101 e. The van der Waals surface area contributed by atoms with Gasteiger partial charge in [0.15, 0.2) is 0 Å². The molecule has 2 rings (SSSR count). The second-order valence-electron chi connectivity index (χ2n) is 3.47. The van der Waals surface area contributed by atoms with Crippen LogP contribution in [0.25, 0.3) is 0 Å². The van der Waals surface area contributed by atoms with Gasteiger partial charge in [0, 0.05) is 20.1 Å². The number of aromatic nitrogens is 2. The minimum absolute atomic E-state index is 0.0104. The minimum Gasteiger partial charge on any atom is -0.393 e. The monoisotopic (exact) mass is 182 g/mol. The summed E-state index contributed by atoms with van der Waals surface area (Å²) in [4.78, 5) is 4.02. The van der Waals surface area contributed by atoms with Crippen molar-refractivity contribution in [2.24, 2.45) is 7.05 Å². The van der Waals surface area contributed by atoms with Crippen molar-refractivity contribution in [2.75, 3.05) is 6.61 Å². The molecule has 1 aromatic rings. The normalized spacial score (nSPS) is 29.1. The molecule has 13 heavy (non-hydrogen) atoms. The zero-order valence-corrected chi connectivity index (χ0v) is 7.68. The molecule has 4 heteroatoms. The van der Waals surface area contributed by atoms with E-state index in [2.05, 4.69) is 4.98 Å². The number of hydrogen-bond acceptors (Lipinski definition) is 3. The van der Waals surface area contributed by atoms with Crippen LogP contribution in [0.1, 0.15) is 24.6 Å². The van der Waals surface area contributed by atoms with Gasteiger partial charge in [0.1, 0.15) is 6.10 Å². The first-order valence-corrected chi connectivity index (χ1v) is 4.53. The highest BCUT2D eigenvalue weighted by atomic mass is 16.5. The summed E-state index contributed by atoms with van der Waals surface area (Å²) in [6, 6.07) is 0. The Morgan fingerprint density at radius 1 is 1.69 bits per heavy atom. The first-order valence-electron chi connectivity index (χ1n) is 4.53. The summed E-state index contributed by atoms with van der Waals surface area (Å²) in [6.07, 6.45) is 4.75. The number of ether oxygens (including phenoxy) is 1. The summed E-state index contributed by atoms with van der Waals surface area (Å²) in [6.45, 7) is 0.636. The van der Waals surface area contributed by atoms with E-state index in [1.807, 2.05) is 11.6 Å². The summed E-state index contributed by atoms with van der Waals surface area (Å²) in [5.74, 6) is 0. The van der Waals surface area contributed by atoms with E-state index < -0.39 is 0 Å². The summed E-state index contributed by atoms with van der Waals surface area (Å²) in [5.41, 5.74) is 1.04. The fraction of sp³-hybridized carbons (Fsp3) is 0.667. The van der Waals surface area contributed by atoms with Gasteiger partial charge >= 0.3 is 0 Å². The van der Waals surface area contributed by atoms with Crippen molar-refractivity contribution < 1.29 is 9.84 Å². The molecule has 0 bridgehead atoms. The maximum Gasteiger partial charge on any atom is 0.101 e. The lowest BCUT2D eigenvalue weighted by molar-refractivity contribution is -0.0477. The van der Waals surface area contributed by atoms with Crippen LogP contribution in [-0.4, -0.2) is 27.4 Å². The third-order valence-corrected chi connectivity index (χ3v) is 2.44. The summed E-state index contributed by atoms with van der Waals surface area (Å²) >= 11 is 0. The molecule has 1 saturated heterocycles. The molecule has 1 aromatic heterocycles. The van der Waals surface area contributed by atoms with Crippen LogP contribution < -0.4 is 0 Å². The van der Waals surface area contributed by atoms with Crippen molar-refractivity contribution in [1.29, 1.82) is 0 Å². The number of aliphatic hydroxyl groups excluding tert-OH is 1. The Hall–Kier alpha value is -0.870. The largest absolute Gasteiger partial charge is 0.393 e. The van der Waals surface area contributed by atoms with E-state index >= 15 is 0 Å². The Morgan fingerprint density at radius 3 is 3.15 bits per heavy atom. The van der Waals surface area contributed by atoms with Crippen LogP contribution in [0.2, 0.25) is 0 Å². The van der Waals surface area contributed by atoms with Gasteiger partial charge in [-0.1, -0.05) is 0 Å². The summed E-state index contributed by atoms with van der Waals surface area (Å²) in [7, 11) is 1.94. The Bertz CT molecular complexity index is 285. The fourth-order valence-electron chi connectivity index (χ4n) is 1.66. The van der Waals surface area contributed by atoms with Crippen LogP contribution in [0.3, 0.4) is 0 Å². The van der Waals surface area contributed by atoms with Gasteiger partial charge in [-0.15, -0.1) is 0 Å². The molecule has 2 heterocycles. The fourth-order valence-corrected chi connectivity index (χ4v) is 1.66. The van der Waals surface area contributed by atoms with Crippen molar-refractivity contribution in [2.45, 2.75) is 25.0 Å². The molecule has 72 valence electrons. The SMILES string of the molecule is Cn1cncc1[C@H]1C[C@@H](O)CCO1. The van der Waals surface area contributed by atoms with Crippen molar-refractivity contribution in [1.82, 2.24) is 9.55 Å². The Labute approximate surface area is 77.2 Å². The van der Waals surface area contributed by atoms with Gasteiger partial charge in [-0.05, 0) is 6.42 Å². The Balaban J connectivity index is 2.12. The van der Waals surface area contributed by atoms with E-state index in [9.17, 15) is 5.11 Å². The van der Waals surface area contributed by atoms with Crippen LogP contribution in [-0.2, 0) is 11.8 Å². The van der Waals surface area contributed by atoms with Gasteiger partial charge in [0.05, 0.1) is 24.3 Å². The van der Waals surface area contributed by atoms with Gasteiger partial charge in [0.2, 0.25) is 0 Å². The van der Waals surface area contributed by atoms with Crippen molar-refractivity contribution >= 4 is 0 Å². The molecule has 2 atom stereocenters. The molecule has 0 aliphatic carbocycles. The lowest BCUT2D eigenvalue weighted by Crippen LogP contribution is -2.24. The molecule has 1 fully saturated rings. The number of hydrogen-bond donors (Lipinski definition) is 1. The van der Waals surface area contributed by atoms with Crippen LogP contribution in [0, 0.1) is 0 Å². The maximum absolute atomic E-state index is 9.46. The molecule has 1 aliphatic heterocycles. The van der Waals surface area contributed by atoms with Crippen LogP contribution in [0.5, 0.6) is 0 Å². The molecule has 0 spiro atoms. The zero-order chi connectivity index (χ0) is 9.26. The summed E-state index contributed by atoms with van der Waals surface area (Å²) < 4.78 is 7.49. The summed E-state index contributed by atoms with van der Waals surface area (Å²) in [5, 5.41) is 9.46. The van der Waals surface area contributed by atoms with Crippen LogP contribution in [0.4, 0.5) is 0 Å². The highest BCUT2D eigenvalue weighted by Crippen LogP contribution is 2.27. The number of rotatable bonds is 1. The van der Waals surface area contributed by atoms with Crippen molar-refractivity contribution in [3.8, 4) is 0 Å². The van der Waals surface area contributed by atoms with Crippen LogP contribution >= 0.6 is 0 Å². The van der Waals surface area contributed by atoms with Gasteiger partial charge < -0.3 is 14.4 Å². The second kappa shape index (κ2) is 3.47. The van der Waals surface area contributed by atoms with Crippen molar-refractivity contribution in [3.05, 3.63) is 18.2 Å². The minimum atomic E-state index is -0.228. The van der Waals surface area contributed by atoms with E-state index in [0.29, 0.717) is 13.0 Å². The molecule has 0 radical (unpaired) electrons. The standard InChI is InChI=1S/C9H14N2O2/c1-11-6-10-5-8(11)9-4-7(12)2-3-13-9/h5-7,9,12H,2-4H2,1H3/t7-,9+/m0/s1. The highest BCUT2D eigenvalue weighted by Gasteiger charge is 2.23. The molecule has 0 amide bonds. The van der Waals surface area contributed by atoms with E-state index in [0.717, 1.165) is 12.1 Å². The number of imidazole rings is 1. The molecule has 1 aliphatic rings. The first kappa shape index (κ1) is 8.72. The first-order chi connectivity index (χ1) is 6.27. The Kier molecular flexibility index (Phi) is 2.33. The second-order valence-corrected chi connectivity index (χ2v) is 3.47. The molecule has 1 N–H and O–H groups in total. The predicted molar refractivity (Wildman–Crippen MR) is 47.1 cm³/mol. The molecular weight excluding hydrogens is 168 g/mol. The third-order valence-electron chi connectivity index (χ3n) is 2.44. The van der Waals surface area contributed by atoms with E-state index in [4.69, 9.17) is 4.74 Å². The number of aliphatic hydroxyl groups is 1. The zero-order valence-electron chi connectivity index (χ0n) is 7.68. The van der Waals surface area contributed by atoms with E-state index in [-0.39, 0.29) is 12.2 Å². The predicted octanol–water partition coefficient (Wildman–Crippen LogP) is 0.632. The number of nitrogens with zero attached hydrogens (tertiary/aromatic N) is 2. The maximum atomic E-state index is 9.46. The average molecular weight is 182 g/mol. The molecule has 0 aromatic carbocycles. The van der Waals surface area contributed by atoms with E-state index in [1.54, 1.807) is 12.5 Å². The lowest BCUT2D eigenvalue weighted by Gasteiger charge is -2.26. The average Bonchev–Trinajstić information content (AvgIpc) is 2.51. The van der Waals surface area contributed by atoms with Gasteiger partial charge in [-0.25, -0.2) is 4.98 Å². The Morgan fingerprint density at radius 2 is 2.54 bits per heavy atom. The molecule has 4 nitrogen and oxygen atoms in total. The molecule has 0 saturated carbocycles. The lowest BCUT2D eigenvalue weighted by atomic mass is 10.0. The van der Waals surface area contributed by atoms with Gasteiger partial charge in [-0.2, -0.15) is 0 Å². The highest BCUT2D eigenvalue weighted by molar-refractivity contribution is 5.03. The van der Waals surface area contributed by atoms with Crippen molar-refractivity contribution in [3.63, 3.8) is 0 Å². The van der Waals surface area contributed by atoms with Gasteiger partial charge in [-0.3, -0.25) is 0 Å². The topological polar surface area (TPSA) is 47.3 Å². The number of aryl methyl sites for hydroxylation is 1. The molecule has 0 unspecified atom stereocenters. The molecular formula is C9H14N2O2. The quantitative estimate of drug-likeness (QED) is 0.693. The third kappa shape index (κ3) is 1.73.